The molecule has 0 heterocycles. The predicted octanol–water partition coefficient (Wildman–Crippen LogP) is 1.84. The topological polar surface area (TPSA) is 96.0 Å². The normalized spacial score (nSPS) is 13.1. The molecule has 118 valence electrons. The Kier molecular flexibility index (Phi) is 5.74. The van der Waals surface area contributed by atoms with Crippen molar-refractivity contribution in [2.24, 2.45) is 10.9 Å². The molecule has 0 fully saturated rings. The number of rotatable bonds is 6. The van der Waals surface area contributed by atoms with Gasteiger partial charge in [-0.1, -0.05) is 11.2 Å². The van der Waals surface area contributed by atoms with Gasteiger partial charge < -0.3 is 10.9 Å². The first kappa shape index (κ1) is 17.5. The van der Waals surface area contributed by atoms with Crippen LogP contribution in [0.5, 0.6) is 0 Å². The molecule has 0 atom stereocenters. The van der Waals surface area contributed by atoms with E-state index in [9.17, 15) is 8.42 Å². The van der Waals surface area contributed by atoms with Crippen molar-refractivity contribution in [1.82, 2.24) is 4.31 Å². The highest BCUT2D eigenvalue weighted by molar-refractivity contribution is 7.89. The summed E-state index contributed by atoms with van der Waals surface area (Å²) >= 11 is 0. The third-order valence-electron chi connectivity index (χ3n) is 3.38. The van der Waals surface area contributed by atoms with Crippen LogP contribution in [-0.2, 0) is 10.0 Å². The average molecular weight is 313 g/mol. The number of nitrogens with two attached hydrogens (primary N) is 1. The fourth-order valence-electron chi connectivity index (χ4n) is 1.94. The molecule has 0 aliphatic heterocycles. The third kappa shape index (κ3) is 4.18. The lowest BCUT2D eigenvalue weighted by atomic mass is 10.1. The summed E-state index contributed by atoms with van der Waals surface area (Å²) in [4.78, 5) is 0.263. The van der Waals surface area contributed by atoms with Crippen molar-refractivity contribution in [2.45, 2.75) is 45.1 Å². The molecule has 0 saturated carbocycles. The van der Waals surface area contributed by atoms with Crippen LogP contribution >= 0.6 is 0 Å². The number of oxime groups is 1. The lowest BCUT2D eigenvalue weighted by molar-refractivity contribution is 0.313. The van der Waals surface area contributed by atoms with E-state index < -0.39 is 10.0 Å². The predicted molar refractivity (Wildman–Crippen MR) is 83.0 cm³/mol. The molecule has 0 unspecified atom stereocenters. The third-order valence-corrected chi connectivity index (χ3v) is 5.45. The molecule has 1 aromatic carbocycles. The van der Waals surface area contributed by atoms with E-state index in [4.69, 9.17) is 10.9 Å². The van der Waals surface area contributed by atoms with Crippen LogP contribution < -0.4 is 5.73 Å². The number of aryl methyl sites for hydroxylation is 2. The summed E-state index contributed by atoms with van der Waals surface area (Å²) in [5.74, 6) is 0.0101. The van der Waals surface area contributed by atoms with Crippen LogP contribution in [0, 0.1) is 13.8 Å². The molecule has 1 rings (SSSR count). The van der Waals surface area contributed by atoms with Crippen LogP contribution in [0.2, 0.25) is 0 Å². The second-order valence-corrected chi connectivity index (χ2v) is 7.19. The van der Waals surface area contributed by atoms with Crippen LogP contribution in [-0.4, -0.2) is 36.4 Å². The molecular weight excluding hydrogens is 290 g/mol. The Morgan fingerprint density at radius 2 is 1.95 bits per heavy atom. The monoisotopic (exact) mass is 313 g/mol. The average Bonchev–Trinajstić information content (AvgIpc) is 2.40. The number of amidine groups is 1. The molecule has 3 N–H and O–H groups in total. The highest BCUT2D eigenvalue weighted by atomic mass is 32.2. The number of sulfonamides is 1. The second kappa shape index (κ2) is 6.91. The van der Waals surface area contributed by atoms with E-state index in [0.29, 0.717) is 0 Å². The Labute approximate surface area is 126 Å². The lowest BCUT2D eigenvalue weighted by Gasteiger charge is -2.26. The van der Waals surface area contributed by atoms with Crippen molar-refractivity contribution in [2.75, 3.05) is 6.54 Å². The van der Waals surface area contributed by atoms with E-state index in [0.717, 1.165) is 11.1 Å². The maximum Gasteiger partial charge on any atom is 0.243 e. The summed E-state index contributed by atoms with van der Waals surface area (Å²) in [6.07, 6.45) is 0.179. The molecule has 0 aromatic heterocycles. The Morgan fingerprint density at radius 3 is 2.43 bits per heavy atom. The summed E-state index contributed by atoms with van der Waals surface area (Å²) in [6.45, 7) is 7.58. The quantitative estimate of drug-likeness (QED) is 0.362. The molecule has 0 radical (unpaired) electrons. The van der Waals surface area contributed by atoms with E-state index in [1.54, 1.807) is 32.0 Å². The molecule has 0 saturated heterocycles. The van der Waals surface area contributed by atoms with Crippen molar-refractivity contribution in [1.29, 1.82) is 0 Å². The summed E-state index contributed by atoms with van der Waals surface area (Å²) in [6, 6.07) is 4.85. The maximum absolute atomic E-state index is 12.7. The maximum atomic E-state index is 12.7. The number of hydrogen-bond donors (Lipinski definition) is 2. The minimum Gasteiger partial charge on any atom is -0.409 e. The van der Waals surface area contributed by atoms with Crippen molar-refractivity contribution in [3.63, 3.8) is 0 Å². The minimum absolute atomic E-state index is 0.0101. The van der Waals surface area contributed by atoms with E-state index in [-0.39, 0.29) is 29.7 Å². The largest absolute Gasteiger partial charge is 0.409 e. The molecule has 0 bridgehead atoms. The van der Waals surface area contributed by atoms with Crippen LogP contribution in [0.1, 0.15) is 31.4 Å². The molecule has 0 spiro atoms. The summed E-state index contributed by atoms with van der Waals surface area (Å²) in [7, 11) is -3.60. The zero-order chi connectivity index (χ0) is 16.2. The second-order valence-electron chi connectivity index (χ2n) is 5.30. The van der Waals surface area contributed by atoms with Gasteiger partial charge in [-0.05, 0) is 51.0 Å². The van der Waals surface area contributed by atoms with E-state index in [1.807, 2.05) is 13.8 Å². The van der Waals surface area contributed by atoms with Gasteiger partial charge in [-0.2, -0.15) is 4.31 Å². The molecule has 7 heteroatoms. The van der Waals surface area contributed by atoms with Gasteiger partial charge in [0.25, 0.3) is 0 Å². The molecule has 0 amide bonds. The van der Waals surface area contributed by atoms with Gasteiger partial charge in [-0.15, -0.1) is 0 Å². The fraction of sp³-hybridized carbons (Fsp3) is 0.500. The summed E-state index contributed by atoms with van der Waals surface area (Å²) in [5, 5.41) is 11.4. The molecule has 21 heavy (non-hydrogen) atoms. The van der Waals surface area contributed by atoms with Gasteiger partial charge in [-0.25, -0.2) is 8.42 Å². The van der Waals surface area contributed by atoms with Gasteiger partial charge in [0.1, 0.15) is 5.84 Å². The smallest absolute Gasteiger partial charge is 0.243 e. The molecule has 0 aliphatic carbocycles. The van der Waals surface area contributed by atoms with Gasteiger partial charge >= 0.3 is 0 Å². The summed E-state index contributed by atoms with van der Waals surface area (Å²) in [5.41, 5.74) is 7.40. The Balaban J connectivity index is 3.12. The molecular formula is C14H23N3O3S. The zero-order valence-electron chi connectivity index (χ0n) is 12.9. The Hall–Kier alpha value is -1.60. The first-order valence-corrected chi connectivity index (χ1v) is 8.19. The van der Waals surface area contributed by atoms with E-state index in [2.05, 4.69) is 5.16 Å². The first-order valence-electron chi connectivity index (χ1n) is 6.75. The highest BCUT2D eigenvalue weighted by Crippen LogP contribution is 2.21. The van der Waals surface area contributed by atoms with E-state index in [1.165, 1.54) is 4.31 Å². The molecule has 6 nitrogen and oxygen atoms in total. The molecule has 1 aromatic rings. The number of hydrogen-bond acceptors (Lipinski definition) is 4. The minimum atomic E-state index is -3.60. The summed E-state index contributed by atoms with van der Waals surface area (Å²) < 4.78 is 26.8. The first-order chi connectivity index (χ1) is 9.70. The van der Waals surface area contributed by atoms with Crippen LogP contribution in [0.4, 0.5) is 0 Å². The van der Waals surface area contributed by atoms with Crippen LogP contribution in [0.3, 0.4) is 0 Å². The fourth-order valence-corrected chi connectivity index (χ4v) is 3.66. The van der Waals surface area contributed by atoms with Crippen LogP contribution in [0.15, 0.2) is 28.3 Å². The zero-order valence-corrected chi connectivity index (χ0v) is 13.7. The van der Waals surface area contributed by atoms with Gasteiger partial charge in [-0.3, -0.25) is 0 Å². The van der Waals surface area contributed by atoms with Crippen molar-refractivity contribution >= 4 is 15.9 Å². The lowest BCUT2D eigenvalue weighted by Crippen LogP contribution is -2.39. The van der Waals surface area contributed by atoms with E-state index >= 15 is 0 Å². The standard InChI is InChI=1S/C14H23N3O3S/c1-10(2)17(8-7-14(15)16-18)21(19,20)13-6-5-11(3)12(4)9-13/h5-6,9-10,18H,7-8H2,1-4H3,(H2,15,16). The Morgan fingerprint density at radius 1 is 1.33 bits per heavy atom. The van der Waals surface area contributed by atoms with Crippen molar-refractivity contribution in [3.8, 4) is 0 Å². The van der Waals surface area contributed by atoms with Gasteiger partial charge in [0.05, 0.1) is 4.90 Å². The Bertz CT molecular complexity index is 624. The van der Waals surface area contributed by atoms with Gasteiger partial charge in [0, 0.05) is 19.0 Å². The van der Waals surface area contributed by atoms with Crippen molar-refractivity contribution < 1.29 is 13.6 Å². The van der Waals surface area contributed by atoms with Gasteiger partial charge in [0.15, 0.2) is 0 Å². The van der Waals surface area contributed by atoms with Crippen molar-refractivity contribution in [3.05, 3.63) is 29.3 Å². The highest BCUT2D eigenvalue weighted by Gasteiger charge is 2.27. The van der Waals surface area contributed by atoms with Gasteiger partial charge in [0.2, 0.25) is 10.0 Å². The molecule has 0 aliphatic rings. The van der Waals surface area contributed by atoms with Crippen LogP contribution in [0.25, 0.3) is 0 Å². The number of benzene rings is 1. The SMILES string of the molecule is Cc1ccc(S(=O)(=O)N(CCC(N)=NO)C(C)C)cc1C. The number of nitrogens with zero attached hydrogens (tertiary/aromatic N) is 2.